The van der Waals surface area contributed by atoms with Gasteiger partial charge in [0.1, 0.15) is 6.10 Å². The molecule has 0 spiro atoms. The standard InChI is InChI=1S/C9H18N2O2.C2H6/c1-4-11-5-6-13-8(7-11)9(12)10(2)3;1-2/h8H,4-7H2,1-3H3;1-2H3/t8-;/m1./s1. The Kier molecular flexibility index (Phi) is 7.34. The third kappa shape index (κ3) is 4.62. The number of hydrogen-bond acceptors (Lipinski definition) is 3. The number of likely N-dealkylation sites (N-methyl/N-ethyl adjacent to an activating group) is 2. The molecule has 0 N–H and O–H groups in total. The quantitative estimate of drug-likeness (QED) is 0.685. The number of hydrogen-bond donors (Lipinski definition) is 0. The molecule has 0 unspecified atom stereocenters. The molecule has 0 bridgehead atoms. The van der Waals surface area contributed by atoms with Gasteiger partial charge < -0.3 is 9.64 Å². The van der Waals surface area contributed by atoms with Gasteiger partial charge in [0.2, 0.25) is 0 Å². The molecule has 1 amide bonds. The smallest absolute Gasteiger partial charge is 0.252 e. The van der Waals surface area contributed by atoms with Gasteiger partial charge in [-0.25, -0.2) is 0 Å². The van der Waals surface area contributed by atoms with Crippen molar-refractivity contribution in [2.24, 2.45) is 0 Å². The molecule has 0 radical (unpaired) electrons. The third-order valence-corrected chi connectivity index (χ3v) is 2.31. The Labute approximate surface area is 93.2 Å². The maximum atomic E-state index is 11.5. The predicted molar refractivity (Wildman–Crippen MR) is 61.9 cm³/mol. The van der Waals surface area contributed by atoms with Gasteiger partial charge in [-0.15, -0.1) is 0 Å². The lowest BCUT2D eigenvalue weighted by molar-refractivity contribution is -0.146. The van der Waals surface area contributed by atoms with Crippen LogP contribution in [0.15, 0.2) is 0 Å². The maximum absolute atomic E-state index is 11.5. The number of nitrogens with zero attached hydrogens (tertiary/aromatic N) is 2. The van der Waals surface area contributed by atoms with E-state index >= 15 is 0 Å². The first-order valence-electron chi connectivity index (χ1n) is 5.70. The van der Waals surface area contributed by atoms with Gasteiger partial charge in [0.15, 0.2) is 0 Å². The molecule has 1 saturated heterocycles. The summed E-state index contributed by atoms with van der Waals surface area (Å²) in [6.07, 6.45) is -0.260. The number of morpholine rings is 1. The van der Waals surface area contributed by atoms with Crippen LogP contribution in [0.5, 0.6) is 0 Å². The highest BCUT2D eigenvalue weighted by Gasteiger charge is 2.26. The van der Waals surface area contributed by atoms with E-state index in [0.29, 0.717) is 6.61 Å². The van der Waals surface area contributed by atoms with E-state index in [1.807, 2.05) is 13.8 Å². The molecule has 0 aliphatic carbocycles. The second kappa shape index (κ2) is 7.65. The van der Waals surface area contributed by atoms with E-state index < -0.39 is 0 Å². The highest BCUT2D eigenvalue weighted by molar-refractivity contribution is 5.80. The van der Waals surface area contributed by atoms with Gasteiger partial charge in [0, 0.05) is 27.2 Å². The van der Waals surface area contributed by atoms with Gasteiger partial charge in [-0.05, 0) is 6.54 Å². The molecule has 0 aromatic heterocycles. The lowest BCUT2D eigenvalue weighted by Crippen LogP contribution is -2.49. The summed E-state index contributed by atoms with van der Waals surface area (Å²) in [5.74, 6) is 0.0677. The summed E-state index contributed by atoms with van der Waals surface area (Å²) in [4.78, 5) is 15.4. The van der Waals surface area contributed by atoms with Crippen LogP contribution >= 0.6 is 0 Å². The van der Waals surface area contributed by atoms with Crippen LogP contribution in [0.25, 0.3) is 0 Å². The average Bonchev–Trinajstić information content (AvgIpc) is 2.30. The molecular weight excluding hydrogens is 192 g/mol. The van der Waals surface area contributed by atoms with Gasteiger partial charge in [-0.2, -0.15) is 0 Å². The fourth-order valence-corrected chi connectivity index (χ4v) is 1.43. The van der Waals surface area contributed by atoms with Crippen LogP contribution < -0.4 is 0 Å². The Hall–Kier alpha value is -0.610. The summed E-state index contributed by atoms with van der Waals surface area (Å²) in [7, 11) is 3.52. The summed E-state index contributed by atoms with van der Waals surface area (Å²) in [6, 6.07) is 0. The number of ether oxygens (including phenoxy) is 1. The first-order chi connectivity index (χ1) is 7.15. The molecule has 0 saturated carbocycles. The van der Waals surface area contributed by atoms with Gasteiger partial charge in [-0.3, -0.25) is 9.69 Å². The predicted octanol–water partition coefficient (Wildman–Crippen LogP) is 0.821. The molecule has 1 rings (SSSR count). The van der Waals surface area contributed by atoms with Crippen LogP contribution in [0.2, 0.25) is 0 Å². The van der Waals surface area contributed by atoms with E-state index in [1.54, 1.807) is 19.0 Å². The Balaban J connectivity index is 0.000000921. The van der Waals surface area contributed by atoms with Crippen LogP contribution in [-0.4, -0.2) is 62.1 Å². The Bertz CT molecular complexity index is 183. The summed E-state index contributed by atoms with van der Waals surface area (Å²) in [5.41, 5.74) is 0. The van der Waals surface area contributed by atoms with E-state index in [9.17, 15) is 4.79 Å². The molecule has 4 heteroatoms. The zero-order valence-corrected chi connectivity index (χ0v) is 10.6. The monoisotopic (exact) mass is 216 g/mol. The molecule has 0 aromatic rings. The molecular formula is C11H24N2O2. The lowest BCUT2D eigenvalue weighted by atomic mass is 10.2. The van der Waals surface area contributed by atoms with Crippen LogP contribution in [0, 0.1) is 0 Å². The second-order valence-corrected chi connectivity index (χ2v) is 3.49. The normalized spacial score (nSPS) is 21.5. The third-order valence-electron chi connectivity index (χ3n) is 2.31. The molecule has 1 fully saturated rings. The fourth-order valence-electron chi connectivity index (χ4n) is 1.43. The van der Waals surface area contributed by atoms with E-state index in [2.05, 4.69) is 11.8 Å². The largest absolute Gasteiger partial charge is 0.366 e. The number of rotatable bonds is 2. The van der Waals surface area contributed by atoms with Crippen molar-refractivity contribution in [3.8, 4) is 0 Å². The van der Waals surface area contributed by atoms with Crippen LogP contribution in [-0.2, 0) is 9.53 Å². The minimum atomic E-state index is -0.260. The molecule has 0 aromatic carbocycles. The van der Waals surface area contributed by atoms with Crippen LogP contribution in [0.1, 0.15) is 20.8 Å². The summed E-state index contributed by atoms with van der Waals surface area (Å²) in [6.45, 7) is 9.42. The summed E-state index contributed by atoms with van der Waals surface area (Å²) in [5, 5.41) is 0. The topological polar surface area (TPSA) is 32.8 Å². The lowest BCUT2D eigenvalue weighted by Gasteiger charge is -2.32. The maximum Gasteiger partial charge on any atom is 0.252 e. The van der Waals surface area contributed by atoms with Gasteiger partial charge in [0.05, 0.1) is 6.61 Å². The van der Waals surface area contributed by atoms with E-state index in [0.717, 1.165) is 19.6 Å². The molecule has 1 aliphatic rings. The SMILES string of the molecule is CC.CCN1CCO[C@@H](C(=O)N(C)C)C1. The van der Waals surface area contributed by atoms with Crippen molar-refractivity contribution in [2.75, 3.05) is 40.3 Å². The summed E-state index contributed by atoms with van der Waals surface area (Å²) >= 11 is 0. The zero-order valence-electron chi connectivity index (χ0n) is 10.6. The van der Waals surface area contributed by atoms with E-state index in [4.69, 9.17) is 4.74 Å². The van der Waals surface area contributed by atoms with Gasteiger partial charge in [0.25, 0.3) is 5.91 Å². The number of carbonyl (C=O) groups is 1. The van der Waals surface area contributed by atoms with Crippen molar-refractivity contribution in [2.45, 2.75) is 26.9 Å². The highest BCUT2D eigenvalue weighted by atomic mass is 16.5. The average molecular weight is 216 g/mol. The fraction of sp³-hybridized carbons (Fsp3) is 0.909. The minimum Gasteiger partial charge on any atom is -0.366 e. The van der Waals surface area contributed by atoms with Crippen molar-refractivity contribution < 1.29 is 9.53 Å². The molecule has 1 heterocycles. The highest BCUT2D eigenvalue weighted by Crippen LogP contribution is 2.06. The molecule has 4 nitrogen and oxygen atoms in total. The minimum absolute atomic E-state index is 0.0677. The van der Waals surface area contributed by atoms with Crippen molar-refractivity contribution >= 4 is 5.91 Å². The van der Waals surface area contributed by atoms with E-state index in [1.165, 1.54) is 0 Å². The van der Waals surface area contributed by atoms with Crippen LogP contribution in [0.4, 0.5) is 0 Å². The van der Waals surface area contributed by atoms with Gasteiger partial charge in [-0.1, -0.05) is 20.8 Å². The number of amides is 1. The Morgan fingerprint density at radius 1 is 1.47 bits per heavy atom. The molecule has 90 valence electrons. The van der Waals surface area contributed by atoms with Crippen molar-refractivity contribution in [3.63, 3.8) is 0 Å². The second-order valence-electron chi connectivity index (χ2n) is 3.49. The first-order valence-corrected chi connectivity index (χ1v) is 5.70. The van der Waals surface area contributed by atoms with Gasteiger partial charge >= 0.3 is 0 Å². The zero-order chi connectivity index (χ0) is 11.8. The first kappa shape index (κ1) is 14.4. The van der Waals surface area contributed by atoms with Crippen molar-refractivity contribution in [3.05, 3.63) is 0 Å². The number of carbonyl (C=O) groups excluding carboxylic acids is 1. The Morgan fingerprint density at radius 2 is 2.07 bits per heavy atom. The van der Waals surface area contributed by atoms with Crippen LogP contribution in [0.3, 0.4) is 0 Å². The molecule has 1 atom stereocenters. The van der Waals surface area contributed by atoms with Crippen molar-refractivity contribution in [1.29, 1.82) is 0 Å². The summed E-state index contributed by atoms with van der Waals surface area (Å²) < 4.78 is 5.40. The van der Waals surface area contributed by atoms with E-state index in [-0.39, 0.29) is 12.0 Å². The molecule has 1 aliphatic heterocycles. The Morgan fingerprint density at radius 3 is 2.53 bits per heavy atom. The molecule has 15 heavy (non-hydrogen) atoms. The van der Waals surface area contributed by atoms with Crippen molar-refractivity contribution in [1.82, 2.24) is 9.80 Å².